The van der Waals surface area contributed by atoms with Crippen molar-refractivity contribution in [1.29, 1.82) is 0 Å². The van der Waals surface area contributed by atoms with Crippen molar-refractivity contribution < 1.29 is 13.2 Å². The van der Waals surface area contributed by atoms with Crippen LogP contribution in [0.25, 0.3) is 0 Å². The van der Waals surface area contributed by atoms with E-state index in [0.717, 1.165) is 17.7 Å². The largest absolute Gasteiger partial charge is 0.207 e. The summed E-state index contributed by atoms with van der Waals surface area (Å²) in [5.74, 6) is -1.71. The van der Waals surface area contributed by atoms with Gasteiger partial charge < -0.3 is 0 Å². The van der Waals surface area contributed by atoms with E-state index in [1.54, 1.807) is 26.0 Å². The fourth-order valence-electron chi connectivity index (χ4n) is 1.15. The third kappa shape index (κ3) is 6.65. The van der Waals surface area contributed by atoms with Crippen molar-refractivity contribution in [2.24, 2.45) is 0 Å². The van der Waals surface area contributed by atoms with Crippen LogP contribution >= 0.6 is 0 Å². The van der Waals surface area contributed by atoms with Gasteiger partial charge in [-0.25, -0.2) is 13.2 Å². The predicted molar refractivity (Wildman–Crippen MR) is 73.6 cm³/mol. The lowest BCUT2D eigenvalue weighted by Gasteiger charge is -1.91. The maximum atomic E-state index is 12.3. The fourth-order valence-corrected chi connectivity index (χ4v) is 1.15. The monoisotopic (exact) mass is 268 g/mol. The number of benzene rings is 2. The van der Waals surface area contributed by atoms with Crippen LogP contribution in [0.4, 0.5) is 13.2 Å². The van der Waals surface area contributed by atoms with E-state index >= 15 is 0 Å². The second kappa shape index (κ2) is 9.20. The van der Waals surface area contributed by atoms with Crippen LogP contribution in [0.3, 0.4) is 0 Å². The summed E-state index contributed by atoms with van der Waals surface area (Å²) in [6.07, 6.45) is 0. The van der Waals surface area contributed by atoms with Crippen molar-refractivity contribution in [3.05, 3.63) is 71.0 Å². The Labute approximate surface area is 112 Å². The van der Waals surface area contributed by atoms with E-state index in [1.807, 2.05) is 19.9 Å². The van der Waals surface area contributed by atoms with Crippen LogP contribution < -0.4 is 0 Å². The molecular formula is C16H19F3. The zero-order chi connectivity index (χ0) is 14.8. The van der Waals surface area contributed by atoms with Crippen molar-refractivity contribution >= 4 is 0 Å². The first-order chi connectivity index (χ1) is 9.00. The SMILES string of the molecule is CC.Cc1ccc(F)c(F)c1.Cc1ccccc1F. The maximum absolute atomic E-state index is 12.3. The molecule has 19 heavy (non-hydrogen) atoms. The Morgan fingerprint density at radius 3 is 1.63 bits per heavy atom. The zero-order valence-corrected chi connectivity index (χ0v) is 11.7. The molecule has 0 amide bonds. The standard InChI is InChI=1S/C7H6F2.C7H7F.C2H6/c1-5-2-3-6(8)7(9)4-5;1-6-4-2-3-5-7(6)8;1-2/h2-4H,1H3;2-5H,1H3;1-2H3. The van der Waals surface area contributed by atoms with Gasteiger partial charge in [-0.15, -0.1) is 0 Å². The lowest BCUT2D eigenvalue weighted by molar-refractivity contribution is 0.508. The Bertz CT molecular complexity index is 472. The summed E-state index contributed by atoms with van der Waals surface area (Å²) in [4.78, 5) is 0. The topological polar surface area (TPSA) is 0 Å². The molecule has 0 atom stereocenters. The molecule has 2 aromatic rings. The molecule has 2 rings (SSSR count). The van der Waals surface area contributed by atoms with Gasteiger partial charge in [0, 0.05) is 0 Å². The molecule has 0 unspecified atom stereocenters. The van der Waals surface area contributed by atoms with Gasteiger partial charge >= 0.3 is 0 Å². The Morgan fingerprint density at radius 1 is 0.684 bits per heavy atom. The van der Waals surface area contributed by atoms with Crippen LogP contribution in [0.1, 0.15) is 25.0 Å². The van der Waals surface area contributed by atoms with Gasteiger partial charge in [0.25, 0.3) is 0 Å². The third-order valence-corrected chi connectivity index (χ3v) is 2.15. The molecule has 0 aliphatic carbocycles. The van der Waals surface area contributed by atoms with Gasteiger partial charge in [0.1, 0.15) is 5.82 Å². The van der Waals surface area contributed by atoms with Gasteiger partial charge in [0.2, 0.25) is 0 Å². The predicted octanol–water partition coefficient (Wildman–Crippen LogP) is 5.43. The molecule has 104 valence electrons. The van der Waals surface area contributed by atoms with Gasteiger partial charge in [-0.1, -0.05) is 38.1 Å². The first-order valence-electron chi connectivity index (χ1n) is 6.13. The first-order valence-corrected chi connectivity index (χ1v) is 6.13. The number of hydrogen-bond donors (Lipinski definition) is 0. The number of hydrogen-bond acceptors (Lipinski definition) is 0. The van der Waals surface area contributed by atoms with Crippen LogP contribution in [0.15, 0.2) is 42.5 Å². The van der Waals surface area contributed by atoms with Crippen LogP contribution in [-0.2, 0) is 0 Å². The molecule has 0 radical (unpaired) electrons. The molecule has 0 fully saturated rings. The Hall–Kier alpha value is -1.77. The highest BCUT2D eigenvalue weighted by Gasteiger charge is 1.97. The highest BCUT2D eigenvalue weighted by atomic mass is 19.2. The van der Waals surface area contributed by atoms with Gasteiger partial charge in [-0.2, -0.15) is 0 Å². The number of rotatable bonds is 0. The average molecular weight is 268 g/mol. The fraction of sp³-hybridized carbons (Fsp3) is 0.250. The summed E-state index contributed by atoms with van der Waals surface area (Å²) in [5, 5.41) is 0. The molecule has 0 saturated carbocycles. The van der Waals surface area contributed by atoms with E-state index in [4.69, 9.17) is 0 Å². The van der Waals surface area contributed by atoms with Gasteiger partial charge in [0.15, 0.2) is 11.6 Å². The van der Waals surface area contributed by atoms with E-state index in [9.17, 15) is 13.2 Å². The van der Waals surface area contributed by atoms with E-state index in [1.165, 1.54) is 12.1 Å². The molecule has 0 aliphatic rings. The quantitative estimate of drug-likeness (QED) is 0.597. The number of halogens is 3. The Balaban J connectivity index is 0.000000303. The number of aryl methyl sites for hydroxylation is 2. The molecule has 0 aromatic heterocycles. The second-order valence-corrected chi connectivity index (χ2v) is 3.67. The molecule has 0 heterocycles. The summed E-state index contributed by atoms with van der Waals surface area (Å²) in [6.45, 7) is 7.46. The minimum absolute atomic E-state index is 0.132. The Kier molecular flexibility index (Phi) is 8.34. The van der Waals surface area contributed by atoms with Gasteiger partial charge in [-0.05, 0) is 43.2 Å². The van der Waals surface area contributed by atoms with Crippen LogP contribution in [-0.4, -0.2) is 0 Å². The van der Waals surface area contributed by atoms with Gasteiger partial charge in [0.05, 0.1) is 0 Å². The lowest BCUT2D eigenvalue weighted by atomic mass is 10.2. The van der Waals surface area contributed by atoms with Crippen LogP contribution in [0.2, 0.25) is 0 Å². The van der Waals surface area contributed by atoms with Crippen molar-refractivity contribution in [2.45, 2.75) is 27.7 Å². The summed E-state index contributed by atoms with van der Waals surface area (Å²) in [6, 6.07) is 10.5. The molecular weight excluding hydrogens is 249 g/mol. The summed E-state index contributed by atoms with van der Waals surface area (Å²) in [5.41, 5.74) is 1.43. The van der Waals surface area contributed by atoms with E-state index in [2.05, 4.69) is 0 Å². The van der Waals surface area contributed by atoms with Gasteiger partial charge in [-0.3, -0.25) is 0 Å². The highest BCUT2D eigenvalue weighted by molar-refractivity contribution is 5.15. The van der Waals surface area contributed by atoms with Crippen molar-refractivity contribution in [2.75, 3.05) is 0 Å². The maximum Gasteiger partial charge on any atom is 0.159 e. The molecule has 0 saturated heterocycles. The summed E-state index contributed by atoms with van der Waals surface area (Å²) in [7, 11) is 0. The molecule has 3 heteroatoms. The Morgan fingerprint density at radius 2 is 1.26 bits per heavy atom. The van der Waals surface area contributed by atoms with Crippen molar-refractivity contribution in [1.82, 2.24) is 0 Å². The molecule has 2 aromatic carbocycles. The summed E-state index contributed by atoms with van der Waals surface area (Å²) < 4.78 is 36.6. The van der Waals surface area contributed by atoms with E-state index < -0.39 is 11.6 Å². The molecule has 0 spiro atoms. The molecule has 0 N–H and O–H groups in total. The smallest absolute Gasteiger partial charge is 0.159 e. The van der Waals surface area contributed by atoms with Crippen molar-refractivity contribution in [3.8, 4) is 0 Å². The molecule has 0 nitrogen and oxygen atoms in total. The highest BCUT2D eigenvalue weighted by Crippen LogP contribution is 2.06. The van der Waals surface area contributed by atoms with Crippen LogP contribution in [0, 0.1) is 31.3 Å². The molecule has 0 bridgehead atoms. The first kappa shape index (κ1) is 17.2. The zero-order valence-electron chi connectivity index (χ0n) is 11.7. The lowest BCUT2D eigenvalue weighted by Crippen LogP contribution is -1.82. The van der Waals surface area contributed by atoms with Crippen LogP contribution in [0.5, 0.6) is 0 Å². The van der Waals surface area contributed by atoms with Crippen molar-refractivity contribution in [3.63, 3.8) is 0 Å². The van der Waals surface area contributed by atoms with E-state index in [-0.39, 0.29) is 5.82 Å². The third-order valence-electron chi connectivity index (χ3n) is 2.15. The minimum Gasteiger partial charge on any atom is -0.207 e. The second-order valence-electron chi connectivity index (χ2n) is 3.67. The summed E-state index contributed by atoms with van der Waals surface area (Å²) >= 11 is 0. The molecule has 0 aliphatic heterocycles. The minimum atomic E-state index is -0.791. The van der Waals surface area contributed by atoms with E-state index in [0.29, 0.717) is 5.56 Å². The average Bonchev–Trinajstić information content (AvgIpc) is 2.41. The normalized spacial score (nSPS) is 8.79.